The molecule has 2 amide bonds. The molecule has 1 rings (SSSR count). The smallest absolute Gasteiger partial charge is 0.264 e. The minimum absolute atomic E-state index is 0.0301. The van der Waals surface area contributed by atoms with Crippen LogP contribution in [0.15, 0.2) is 16.3 Å². The molecule has 0 aliphatic rings. The summed E-state index contributed by atoms with van der Waals surface area (Å²) in [6.45, 7) is 0.927. The quantitative estimate of drug-likeness (QED) is 0.603. The number of thiol groups is 1. The molecule has 0 aromatic carbocycles. The van der Waals surface area contributed by atoms with Gasteiger partial charge in [-0.25, -0.2) is 0 Å². The molecule has 0 saturated heterocycles. The summed E-state index contributed by atoms with van der Waals surface area (Å²) in [5.41, 5.74) is 0. The second-order valence-electron chi connectivity index (χ2n) is 3.67. The third-order valence-corrected chi connectivity index (χ3v) is 3.50. The number of carbonyl (C=O) groups is 2. The first kappa shape index (κ1) is 15.0. The third-order valence-electron chi connectivity index (χ3n) is 2.15. The van der Waals surface area contributed by atoms with Crippen molar-refractivity contribution in [2.24, 2.45) is 0 Å². The van der Waals surface area contributed by atoms with E-state index in [2.05, 4.69) is 17.9 Å². The molecule has 0 radical (unpaired) electrons. The number of likely N-dealkylation sites (N-methyl/N-ethyl adjacent to an activating group) is 1. The van der Waals surface area contributed by atoms with E-state index in [4.69, 9.17) is 4.74 Å². The number of hydrogen-bond acceptors (Lipinski definition) is 5. The molecule has 1 aromatic heterocycles. The van der Waals surface area contributed by atoms with Gasteiger partial charge >= 0.3 is 0 Å². The molecule has 0 fully saturated rings. The highest BCUT2D eigenvalue weighted by molar-refractivity contribution is 7.80. The molecule has 7 heteroatoms. The molecule has 0 bridgehead atoms. The van der Waals surface area contributed by atoms with Gasteiger partial charge in [-0.05, 0) is 6.07 Å². The Bertz CT molecular complexity index is 420. The summed E-state index contributed by atoms with van der Waals surface area (Å²) < 4.78 is 4.81. The van der Waals surface area contributed by atoms with Crippen molar-refractivity contribution in [1.82, 2.24) is 10.2 Å². The summed E-state index contributed by atoms with van der Waals surface area (Å²) in [6.07, 6.45) is 0. The maximum Gasteiger partial charge on any atom is 0.264 e. The van der Waals surface area contributed by atoms with Crippen LogP contribution in [0.3, 0.4) is 0 Å². The van der Waals surface area contributed by atoms with Crippen molar-refractivity contribution in [3.05, 3.63) is 16.3 Å². The Kier molecular flexibility index (Phi) is 6.17. The molecule has 0 atom stereocenters. The van der Waals surface area contributed by atoms with E-state index in [0.29, 0.717) is 18.0 Å². The zero-order chi connectivity index (χ0) is 13.5. The second kappa shape index (κ2) is 7.40. The summed E-state index contributed by atoms with van der Waals surface area (Å²) in [5, 5.41) is 4.44. The summed E-state index contributed by atoms with van der Waals surface area (Å²) in [6, 6.07) is 1.69. The Hall–Kier alpha value is -1.05. The van der Waals surface area contributed by atoms with E-state index < -0.39 is 0 Å². The normalized spacial score (nSPS) is 10.2. The minimum Gasteiger partial charge on any atom is -0.383 e. The highest BCUT2D eigenvalue weighted by atomic mass is 32.1. The van der Waals surface area contributed by atoms with Gasteiger partial charge in [-0.3, -0.25) is 9.59 Å². The number of methoxy groups -OCH3 is 1. The molecule has 0 saturated carbocycles. The van der Waals surface area contributed by atoms with Crippen molar-refractivity contribution in [2.75, 3.05) is 33.9 Å². The van der Waals surface area contributed by atoms with E-state index in [0.717, 1.165) is 4.90 Å². The zero-order valence-corrected chi connectivity index (χ0v) is 12.0. The maximum atomic E-state index is 11.9. The van der Waals surface area contributed by atoms with E-state index >= 15 is 0 Å². The standard InChI is InChI=1S/C11H16N2O3S2/c1-13(6-10(14)12-3-4-16-2)11(15)9-5-8(17)7-18-9/h5,7,17H,3-4,6H2,1-2H3,(H,12,14). The lowest BCUT2D eigenvalue weighted by atomic mass is 10.4. The molecular weight excluding hydrogens is 272 g/mol. The molecule has 5 nitrogen and oxygen atoms in total. The van der Waals surface area contributed by atoms with Crippen LogP contribution in [0, 0.1) is 0 Å². The van der Waals surface area contributed by atoms with E-state index in [9.17, 15) is 9.59 Å². The van der Waals surface area contributed by atoms with Crippen LogP contribution in [0.2, 0.25) is 0 Å². The first-order valence-electron chi connectivity index (χ1n) is 5.33. The predicted octanol–water partition coefficient (Wildman–Crippen LogP) is 0.871. The second-order valence-corrected chi connectivity index (χ2v) is 5.10. The van der Waals surface area contributed by atoms with Crippen molar-refractivity contribution < 1.29 is 14.3 Å². The maximum absolute atomic E-state index is 11.9. The van der Waals surface area contributed by atoms with Crippen LogP contribution in [0.25, 0.3) is 0 Å². The SMILES string of the molecule is COCCNC(=O)CN(C)C(=O)c1cc(S)cs1. The monoisotopic (exact) mass is 288 g/mol. The summed E-state index contributed by atoms with van der Waals surface area (Å²) in [4.78, 5) is 26.1. The molecule has 1 aromatic rings. The molecule has 0 aliphatic heterocycles. The van der Waals surface area contributed by atoms with Gasteiger partial charge in [0, 0.05) is 31.0 Å². The van der Waals surface area contributed by atoms with Gasteiger partial charge in [0.05, 0.1) is 18.0 Å². The highest BCUT2D eigenvalue weighted by Gasteiger charge is 2.16. The molecule has 1 N–H and O–H groups in total. The van der Waals surface area contributed by atoms with Crippen molar-refractivity contribution in [3.63, 3.8) is 0 Å². The van der Waals surface area contributed by atoms with Crippen LogP contribution >= 0.6 is 24.0 Å². The Morgan fingerprint density at radius 1 is 1.56 bits per heavy atom. The van der Waals surface area contributed by atoms with E-state index in [1.807, 2.05) is 0 Å². The number of rotatable bonds is 6. The van der Waals surface area contributed by atoms with Gasteiger partial charge in [0.2, 0.25) is 5.91 Å². The Balaban J connectivity index is 2.42. The predicted molar refractivity (Wildman–Crippen MR) is 73.4 cm³/mol. The van der Waals surface area contributed by atoms with Gasteiger partial charge < -0.3 is 15.0 Å². The number of nitrogens with one attached hydrogen (secondary N) is 1. The first-order chi connectivity index (χ1) is 8.54. The zero-order valence-electron chi connectivity index (χ0n) is 10.3. The number of ether oxygens (including phenoxy) is 1. The van der Waals surface area contributed by atoms with Crippen LogP contribution in [-0.2, 0) is 9.53 Å². The van der Waals surface area contributed by atoms with Gasteiger partial charge in [-0.15, -0.1) is 24.0 Å². The van der Waals surface area contributed by atoms with Crippen molar-refractivity contribution in [2.45, 2.75) is 4.90 Å². The summed E-state index contributed by atoms with van der Waals surface area (Å²) in [7, 11) is 3.16. The molecule has 0 spiro atoms. The lowest BCUT2D eigenvalue weighted by Gasteiger charge is -2.15. The van der Waals surface area contributed by atoms with E-state index in [1.54, 1.807) is 25.6 Å². The first-order valence-corrected chi connectivity index (χ1v) is 6.66. The average molecular weight is 288 g/mol. The van der Waals surface area contributed by atoms with E-state index in [-0.39, 0.29) is 18.4 Å². The van der Waals surface area contributed by atoms with Crippen LogP contribution in [0.4, 0.5) is 0 Å². The highest BCUT2D eigenvalue weighted by Crippen LogP contribution is 2.18. The van der Waals surface area contributed by atoms with E-state index in [1.165, 1.54) is 16.2 Å². The molecule has 1 heterocycles. The topological polar surface area (TPSA) is 58.6 Å². The summed E-state index contributed by atoms with van der Waals surface area (Å²) >= 11 is 5.46. The van der Waals surface area contributed by atoms with Gasteiger partial charge in [-0.2, -0.15) is 0 Å². The Morgan fingerprint density at radius 3 is 2.83 bits per heavy atom. The van der Waals surface area contributed by atoms with Crippen molar-refractivity contribution in [1.29, 1.82) is 0 Å². The number of nitrogens with zero attached hydrogens (tertiary/aromatic N) is 1. The fourth-order valence-corrected chi connectivity index (χ4v) is 2.40. The molecular formula is C11H16N2O3S2. The average Bonchev–Trinajstić information content (AvgIpc) is 2.75. The fraction of sp³-hybridized carbons (Fsp3) is 0.455. The van der Waals surface area contributed by atoms with Crippen molar-refractivity contribution in [3.8, 4) is 0 Å². The minimum atomic E-state index is -0.203. The molecule has 0 aliphatic carbocycles. The van der Waals surface area contributed by atoms with Crippen molar-refractivity contribution >= 4 is 35.8 Å². The lowest BCUT2D eigenvalue weighted by molar-refractivity contribution is -0.121. The lowest BCUT2D eigenvalue weighted by Crippen LogP contribution is -2.39. The molecule has 100 valence electrons. The fourth-order valence-electron chi connectivity index (χ4n) is 1.26. The molecule has 18 heavy (non-hydrogen) atoms. The largest absolute Gasteiger partial charge is 0.383 e. The third kappa shape index (κ3) is 4.67. The van der Waals surface area contributed by atoms with Crippen LogP contribution < -0.4 is 5.32 Å². The van der Waals surface area contributed by atoms with Crippen LogP contribution in [-0.4, -0.2) is 50.6 Å². The van der Waals surface area contributed by atoms with Gasteiger partial charge in [-0.1, -0.05) is 0 Å². The number of amides is 2. The Labute approximate surface area is 116 Å². The number of thiophene rings is 1. The van der Waals surface area contributed by atoms with Gasteiger partial charge in [0.1, 0.15) is 0 Å². The summed E-state index contributed by atoms with van der Waals surface area (Å²) in [5.74, 6) is -0.382. The van der Waals surface area contributed by atoms with Crippen LogP contribution in [0.5, 0.6) is 0 Å². The van der Waals surface area contributed by atoms with Gasteiger partial charge in [0.15, 0.2) is 0 Å². The number of hydrogen-bond donors (Lipinski definition) is 2. The molecule has 0 unspecified atom stereocenters. The Morgan fingerprint density at radius 2 is 2.28 bits per heavy atom. The van der Waals surface area contributed by atoms with Gasteiger partial charge in [0.25, 0.3) is 5.91 Å². The number of carbonyl (C=O) groups excluding carboxylic acids is 2. The van der Waals surface area contributed by atoms with Crippen LogP contribution in [0.1, 0.15) is 9.67 Å².